The lowest BCUT2D eigenvalue weighted by atomic mass is 10.1. The van der Waals surface area contributed by atoms with E-state index in [-0.39, 0.29) is 6.61 Å². The Bertz CT molecular complexity index is 1170. The molecule has 0 fully saturated rings. The summed E-state index contributed by atoms with van der Waals surface area (Å²) in [6, 6.07) is 26.0. The number of aromatic nitrogens is 2. The van der Waals surface area contributed by atoms with E-state index in [4.69, 9.17) is 4.74 Å². The molecule has 0 bridgehead atoms. The fourth-order valence-corrected chi connectivity index (χ4v) is 2.92. The third-order valence-corrected chi connectivity index (χ3v) is 4.26. The Morgan fingerprint density at radius 2 is 1.46 bits per heavy atom. The largest absolute Gasteiger partial charge is 0.443 e. The van der Waals surface area contributed by atoms with Crippen molar-refractivity contribution < 1.29 is 9.53 Å². The number of nitrogens with one attached hydrogen (secondary N) is 1. The first-order chi connectivity index (χ1) is 13.7. The second kappa shape index (κ2) is 7.75. The number of fused-ring (bicyclic) bond motifs is 1. The van der Waals surface area contributed by atoms with Gasteiger partial charge in [-0.3, -0.25) is 4.79 Å². The second-order valence-corrected chi connectivity index (χ2v) is 6.15. The molecule has 0 saturated heterocycles. The molecule has 0 saturated carbocycles. The maximum atomic E-state index is 12.8. The molecule has 0 aliphatic rings. The van der Waals surface area contributed by atoms with Crippen molar-refractivity contribution in [3.8, 4) is 11.3 Å². The van der Waals surface area contributed by atoms with E-state index in [1.165, 1.54) is 0 Å². The van der Waals surface area contributed by atoms with Crippen LogP contribution in [-0.4, -0.2) is 16.0 Å². The molecule has 0 radical (unpaired) electrons. The molecule has 4 aromatic rings. The Morgan fingerprint density at radius 1 is 0.857 bits per heavy atom. The normalized spacial score (nSPS) is 10.6. The van der Waals surface area contributed by atoms with Crippen molar-refractivity contribution in [1.82, 2.24) is 9.89 Å². The molecule has 0 unspecified atom stereocenters. The maximum Gasteiger partial charge on any atom is 0.428 e. The zero-order valence-corrected chi connectivity index (χ0v) is 14.9. The lowest BCUT2D eigenvalue weighted by molar-refractivity contribution is 0.151. The van der Waals surface area contributed by atoms with Crippen LogP contribution in [-0.2, 0) is 11.3 Å². The van der Waals surface area contributed by atoms with Gasteiger partial charge in [0.15, 0.2) is 0 Å². The fourth-order valence-electron chi connectivity index (χ4n) is 2.92. The summed E-state index contributed by atoms with van der Waals surface area (Å²) in [4.78, 5) is 25.9. The van der Waals surface area contributed by atoms with Crippen LogP contribution >= 0.6 is 0 Å². The van der Waals surface area contributed by atoms with Gasteiger partial charge in [-0.15, -0.1) is 9.89 Å². The molecular weight excluding hydrogens is 354 g/mol. The van der Waals surface area contributed by atoms with Crippen molar-refractivity contribution in [2.24, 2.45) is 0 Å². The topological polar surface area (TPSA) is 73.2 Å². The first-order valence-corrected chi connectivity index (χ1v) is 8.77. The van der Waals surface area contributed by atoms with E-state index in [0.717, 1.165) is 21.3 Å². The third kappa shape index (κ3) is 3.61. The molecule has 6 heteroatoms. The summed E-state index contributed by atoms with van der Waals surface area (Å²) in [5.74, 6) is 0. The Morgan fingerprint density at radius 3 is 2.18 bits per heavy atom. The number of hydrogen-bond donors (Lipinski definition) is 1. The van der Waals surface area contributed by atoms with Crippen LogP contribution in [0.5, 0.6) is 0 Å². The van der Waals surface area contributed by atoms with E-state index in [0.29, 0.717) is 11.1 Å². The molecule has 6 nitrogen and oxygen atoms in total. The Hall–Kier alpha value is -3.93. The minimum absolute atomic E-state index is 0.0978. The molecule has 3 aromatic carbocycles. The van der Waals surface area contributed by atoms with Crippen molar-refractivity contribution in [3.63, 3.8) is 0 Å². The van der Waals surface area contributed by atoms with Crippen LogP contribution in [0.15, 0.2) is 89.7 Å². The van der Waals surface area contributed by atoms with Crippen molar-refractivity contribution in [2.45, 2.75) is 6.61 Å². The van der Waals surface area contributed by atoms with Crippen LogP contribution in [0, 0.1) is 0 Å². The predicted molar refractivity (Wildman–Crippen MR) is 107 cm³/mol. The predicted octanol–water partition coefficient (Wildman–Crippen LogP) is 3.94. The van der Waals surface area contributed by atoms with Gasteiger partial charge in [-0.05, 0) is 11.6 Å². The molecule has 0 aliphatic carbocycles. The summed E-state index contributed by atoms with van der Waals surface area (Å²) in [7, 11) is 0. The quantitative estimate of drug-likeness (QED) is 0.590. The number of carbonyl (C=O) groups is 1. The standard InChI is InChI=1S/C22H17N3O3/c26-21-19-14-8-7-13-18(19)20(17-11-5-2-6-12-17)23-25(21)24-22(27)28-15-16-9-3-1-4-10-16/h1-14H,15H2,(H,24,27). The van der Waals surface area contributed by atoms with E-state index in [2.05, 4.69) is 10.5 Å². The fraction of sp³-hybridized carbons (Fsp3) is 0.0455. The van der Waals surface area contributed by atoms with Gasteiger partial charge in [0.1, 0.15) is 12.3 Å². The van der Waals surface area contributed by atoms with Crippen LogP contribution in [0.3, 0.4) is 0 Å². The van der Waals surface area contributed by atoms with Gasteiger partial charge in [0.2, 0.25) is 0 Å². The van der Waals surface area contributed by atoms with Crippen LogP contribution in [0.2, 0.25) is 0 Å². The number of ether oxygens (including phenoxy) is 1. The summed E-state index contributed by atoms with van der Waals surface area (Å²) in [6.07, 6.45) is -0.757. The molecular formula is C22H17N3O3. The van der Waals surface area contributed by atoms with E-state index in [9.17, 15) is 9.59 Å². The van der Waals surface area contributed by atoms with Gasteiger partial charge >= 0.3 is 6.09 Å². The van der Waals surface area contributed by atoms with Gasteiger partial charge in [0, 0.05) is 10.9 Å². The summed E-state index contributed by atoms with van der Waals surface area (Å²) in [6.45, 7) is 0.0978. The number of amides is 1. The molecule has 1 heterocycles. The third-order valence-electron chi connectivity index (χ3n) is 4.26. The van der Waals surface area contributed by atoms with Crippen LogP contribution in [0.25, 0.3) is 22.0 Å². The van der Waals surface area contributed by atoms with Gasteiger partial charge in [-0.2, -0.15) is 0 Å². The first-order valence-electron chi connectivity index (χ1n) is 8.77. The van der Waals surface area contributed by atoms with Crippen LogP contribution < -0.4 is 11.0 Å². The lowest BCUT2D eigenvalue weighted by Gasteiger charge is -2.12. The lowest BCUT2D eigenvalue weighted by Crippen LogP contribution is -2.35. The summed E-state index contributed by atoms with van der Waals surface area (Å²) in [5.41, 5.74) is 4.28. The molecule has 4 rings (SSSR count). The Kier molecular flexibility index (Phi) is 4.84. The summed E-state index contributed by atoms with van der Waals surface area (Å²) < 4.78 is 5.19. The number of rotatable bonds is 4. The number of nitrogens with zero attached hydrogens (tertiary/aromatic N) is 2. The molecule has 0 atom stereocenters. The molecule has 28 heavy (non-hydrogen) atoms. The minimum atomic E-state index is -0.757. The van der Waals surface area contributed by atoms with Gasteiger partial charge < -0.3 is 4.74 Å². The average molecular weight is 371 g/mol. The van der Waals surface area contributed by atoms with Crippen molar-refractivity contribution in [1.29, 1.82) is 0 Å². The SMILES string of the molecule is O=C(Nn1nc(-c2ccccc2)c2ccccc2c1=O)OCc1ccccc1. The van der Waals surface area contributed by atoms with Gasteiger partial charge in [-0.25, -0.2) is 10.2 Å². The Labute approximate surface area is 161 Å². The smallest absolute Gasteiger partial charge is 0.428 e. The molecule has 0 aliphatic heterocycles. The van der Waals surface area contributed by atoms with Crippen molar-refractivity contribution in [3.05, 3.63) is 101 Å². The maximum absolute atomic E-state index is 12.8. The second-order valence-electron chi connectivity index (χ2n) is 6.15. The van der Waals surface area contributed by atoms with Gasteiger partial charge in [0.05, 0.1) is 5.39 Å². The monoisotopic (exact) mass is 371 g/mol. The van der Waals surface area contributed by atoms with E-state index in [1.807, 2.05) is 72.8 Å². The van der Waals surface area contributed by atoms with E-state index in [1.54, 1.807) is 12.1 Å². The summed E-state index contributed by atoms with van der Waals surface area (Å²) >= 11 is 0. The van der Waals surface area contributed by atoms with Gasteiger partial charge in [-0.1, -0.05) is 78.9 Å². The highest BCUT2D eigenvalue weighted by Gasteiger charge is 2.14. The van der Waals surface area contributed by atoms with Gasteiger partial charge in [0.25, 0.3) is 5.56 Å². The minimum Gasteiger partial charge on any atom is -0.443 e. The molecule has 0 spiro atoms. The van der Waals surface area contributed by atoms with Crippen molar-refractivity contribution >= 4 is 16.9 Å². The average Bonchev–Trinajstić information content (AvgIpc) is 2.76. The molecule has 138 valence electrons. The van der Waals surface area contributed by atoms with E-state index < -0.39 is 11.7 Å². The summed E-state index contributed by atoms with van der Waals surface area (Å²) in [5, 5.41) is 5.53. The van der Waals surface area contributed by atoms with Crippen LogP contribution in [0.4, 0.5) is 4.79 Å². The number of carbonyl (C=O) groups excluding carboxylic acids is 1. The first kappa shape index (κ1) is 17.5. The highest BCUT2D eigenvalue weighted by atomic mass is 16.6. The highest BCUT2D eigenvalue weighted by Crippen LogP contribution is 2.23. The number of benzene rings is 3. The zero-order chi connectivity index (χ0) is 19.3. The molecule has 1 amide bonds. The van der Waals surface area contributed by atoms with Crippen LogP contribution in [0.1, 0.15) is 5.56 Å². The molecule has 1 N–H and O–H groups in total. The van der Waals surface area contributed by atoms with Crippen molar-refractivity contribution in [2.75, 3.05) is 5.43 Å². The Balaban J connectivity index is 1.66. The zero-order valence-electron chi connectivity index (χ0n) is 14.9. The molecule has 1 aromatic heterocycles. The number of hydrogen-bond acceptors (Lipinski definition) is 4. The highest BCUT2D eigenvalue weighted by molar-refractivity contribution is 5.94. The van der Waals surface area contributed by atoms with E-state index >= 15 is 0 Å².